The Morgan fingerprint density at radius 3 is 2.80 bits per heavy atom. The SMILES string of the molecule is C1=C(C2NNC3C(C4CCCO4)CCCC23)CNCC1. The maximum absolute atomic E-state index is 5.99. The Morgan fingerprint density at radius 2 is 2.00 bits per heavy atom. The van der Waals surface area contributed by atoms with Crippen LogP contribution in [-0.2, 0) is 4.74 Å². The maximum Gasteiger partial charge on any atom is 0.0619 e. The molecule has 1 aliphatic carbocycles. The highest BCUT2D eigenvalue weighted by molar-refractivity contribution is 5.20. The van der Waals surface area contributed by atoms with Crippen LogP contribution in [-0.4, -0.2) is 37.9 Å². The molecule has 4 heteroatoms. The van der Waals surface area contributed by atoms with Crippen molar-refractivity contribution < 1.29 is 4.74 Å². The van der Waals surface area contributed by atoms with Gasteiger partial charge in [-0.15, -0.1) is 0 Å². The summed E-state index contributed by atoms with van der Waals surface area (Å²) >= 11 is 0. The van der Waals surface area contributed by atoms with Gasteiger partial charge in [-0.3, -0.25) is 5.43 Å². The van der Waals surface area contributed by atoms with Crippen molar-refractivity contribution in [3.63, 3.8) is 0 Å². The van der Waals surface area contributed by atoms with E-state index in [1.165, 1.54) is 38.5 Å². The molecule has 0 aromatic rings. The second-order valence-corrected chi connectivity index (χ2v) is 6.85. The van der Waals surface area contributed by atoms with Crippen LogP contribution >= 0.6 is 0 Å². The second-order valence-electron chi connectivity index (χ2n) is 6.85. The third-order valence-electron chi connectivity index (χ3n) is 5.73. The molecule has 5 atom stereocenters. The molecule has 0 spiro atoms. The van der Waals surface area contributed by atoms with Crippen LogP contribution < -0.4 is 16.2 Å². The molecule has 0 amide bonds. The van der Waals surface area contributed by atoms with Crippen molar-refractivity contribution in [3.8, 4) is 0 Å². The standard InChI is InChI=1S/C16H27N3O/c1-5-12(14-7-3-9-20-14)16-13(6-1)15(18-19-16)11-4-2-8-17-10-11/h4,12-19H,1-3,5-10H2. The molecule has 3 heterocycles. The zero-order chi connectivity index (χ0) is 13.4. The average Bonchev–Trinajstić information content (AvgIpc) is 3.17. The first-order valence-electron chi connectivity index (χ1n) is 8.46. The smallest absolute Gasteiger partial charge is 0.0619 e. The fourth-order valence-corrected chi connectivity index (χ4v) is 4.77. The Balaban J connectivity index is 1.49. The molecule has 0 radical (unpaired) electrons. The summed E-state index contributed by atoms with van der Waals surface area (Å²) in [6.45, 7) is 3.17. The van der Waals surface area contributed by atoms with Crippen LogP contribution in [0.15, 0.2) is 11.6 Å². The number of rotatable bonds is 2. The van der Waals surface area contributed by atoms with E-state index in [0.717, 1.165) is 25.6 Å². The van der Waals surface area contributed by atoms with Gasteiger partial charge in [0, 0.05) is 31.2 Å². The summed E-state index contributed by atoms with van der Waals surface area (Å²) in [4.78, 5) is 0. The minimum Gasteiger partial charge on any atom is -0.378 e. The molecule has 112 valence electrons. The zero-order valence-electron chi connectivity index (χ0n) is 12.2. The van der Waals surface area contributed by atoms with Crippen molar-refractivity contribution in [2.45, 2.75) is 56.7 Å². The lowest BCUT2D eigenvalue weighted by molar-refractivity contribution is 0.0248. The summed E-state index contributed by atoms with van der Waals surface area (Å²) in [6.07, 6.45) is 10.7. The molecular formula is C16H27N3O. The third kappa shape index (κ3) is 2.33. The largest absolute Gasteiger partial charge is 0.378 e. The Morgan fingerprint density at radius 1 is 1.05 bits per heavy atom. The maximum atomic E-state index is 5.99. The van der Waals surface area contributed by atoms with E-state index in [9.17, 15) is 0 Å². The third-order valence-corrected chi connectivity index (χ3v) is 5.73. The first kappa shape index (κ1) is 13.3. The molecule has 3 aliphatic heterocycles. The Labute approximate surface area is 121 Å². The van der Waals surface area contributed by atoms with Crippen LogP contribution in [0.1, 0.15) is 38.5 Å². The lowest BCUT2D eigenvalue weighted by Gasteiger charge is -2.38. The fraction of sp³-hybridized carbons (Fsp3) is 0.875. The van der Waals surface area contributed by atoms with Gasteiger partial charge in [0.25, 0.3) is 0 Å². The van der Waals surface area contributed by atoms with E-state index in [4.69, 9.17) is 4.74 Å². The van der Waals surface area contributed by atoms with Crippen LogP contribution in [0.25, 0.3) is 0 Å². The van der Waals surface area contributed by atoms with Gasteiger partial charge >= 0.3 is 0 Å². The van der Waals surface area contributed by atoms with Gasteiger partial charge < -0.3 is 10.1 Å². The summed E-state index contributed by atoms with van der Waals surface area (Å²) in [7, 11) is 0. The number of ether oxygens (including phenoxy) is 1. The molecule has 1 saturated carbocycles. The zero-order valence-corrected chi connectivity index (χ0v) is 12.2. The van der Waals surface area contributed by atoms with Gasteiger partial charge in [-0.05, 0) is 50.1 Å². The van der Waals surface area contributed by atoms with Gasteiger partial charge in [0.15, 0.2) is 0 Å². The predicted molar refractivity (Wildman–Crippen MR) is 79.2 cm³/mol. The van der Waals surface area contributed by atoms with E-state index in [1.54, 1.807) is 5.57 Å². The van der Waals surface area contributed by atoms with Crippen molar-refractivity contribution in [2.75, 3.05) is 19.7 Å². The van der Waals surface area contributed by atoms with Gasteiger partial charge in [0.05, 0.1) is 6.10 Å². The summed E-state index contributed by atoms with van der Waals surface area (Å²) in [6, 6.07) is 1.15. The van der Waals surface area contributed by atoms with Crippen LogP contribution in [0.3, 0.4) is 0 Å². The van der Waals surface area contributed by atoms with E-state index in [-0.39, 0.29) is 0 Å². The van der Waals surface area contributed by atoms with Gasteiger partial charge in [-0.1, -0.05) is 12.5 Å². The highest BCUT2D eigenvalue weighted by Crippen LogP contribution is 2.40. The molecule has 2 saturated heterocycles. The molecule has 0 bridgehead atoms. The van der Waals surface area contributed by atoms with Crippen molar-refractivity contribution in [1.29, 1.82) is 0 Å². The van der Waals surface area contributed by atoms with Gasteiger partial charge in [0.2, 0.25) is 0 Å². The summed E-state index contributed by atoms with van der Waals surface area (Å²) in [5.74, 6) is 1.47. The van der Waals surface area contributed by atoms with Crippen molar-refractivity contribution in [2.24, 2.45) is 11.8 Å². The monoisotopic (exact) mass is 277 g/mol. The minimum atomic E-state index is 0.509. The molecule has 4 nitrogen and oxygen atoms in total. The van der Waals surface area contributed by atoms with Gasteiger partial charge in [-0.2, -0.15) is 0 Å². The van der Waals surface area contributed by atoms with E-state index < -0.39 is 0 Å². The van der Waals surface area contributed by atoms with Crippen LogP contribution in [0.2, 0.25) is 0 Å². The van der Waals surface area contributed by atoms with Gasteiger partial charge in [0.1, 0.15) is 0 Å². The number of fused-ring (bicyclic) bond motifs is 1. The van der Waals surface area contributed by atoms with Crippen molar-refractivity contribution >= 4 is 0 Å². The van der Waals surface area contributed by atoms with Crippen LogP contribution in [0.4, 0.5) is 0 Å². The highest BCUT2D eigenvalue weighted by atomic mass is 16.5. The minimum absolute atomic E-state index is 0.509. The normalized spacial score (nSPS) is 45.2. The first-order valence-corrected chi connectivity index (χ1v) is 8.46. The number of hydrogen-bond acceptors (Lipinski definition) is 4. The molecule has 0 aromatic carbocycles. The Kier molecular flexibility index (Phi) is 3.82. The lowest BCUT2D eigenvalue weighted by Crippen LogP contribution is -2.45. The first-order chi connectivity index (χ1) is 9.93. The molecule has 3 N–H and O–H groups in total. The molecule has 5 unspecified atom stereocenters. The fourth-order valence-electron chi connectivity index (χ4n) is 4.77. The lowest BCUT2D eigenvalue weighted by atomic mass is 9.71. The van der Waals surface area contributed by atoms with Crippen LogP contribution in [0, 0.1) is 11.8 Å². The average molecular weight is 277 g/mol. The molecular weight excluding hydrogens is 250 g/mol. The van der Waals surface area contributed by atoms with Crippen LogP contribution in [0.5, 0.6) is 0 Å². The van der Waals surface area contributed by atoms with Gasteiger partial charge in [-0.25, -0.2) is 5.43 Å². The van der Waals surface area contributed by atoms with E-state index in [0.29, 0.717) is 24.1 Å². The molecule has 3 fully saturated rings. The highest BCUT2D eigenvalue weighted by Gasteiger charge is 2.46. The van der Waals surface area contributed by atoms with E-state index in [2.05, 4.69) is 22.2 Å². The predicted octanol–water partition coefficient (Wildman–Crippen LogP) is 1.35. The second kappa shape index (κ2) is 5.76. The van der Waals surface area contributed by atoms with E-state index >= 15 is 0 Å². The van der Waals surface area contributed by atoms with Crippen molar-refractivity contribution in [3.05, 3.63) is 11.6 Å². The summed E-state index contributed by atoms with van der Waals surface area (Å²) in [5.41, 5.74) is 8.82. The molecule has 4 rings (SSSR count). The summed E-state index contributed by atoms with van der Waals surface area (Å²) in [5, 5.41) is 3.51. The summed E-state index contributed by atoms with van der Waals surface area (Å²) < 4.78 is 5.99. The number of hydrogen-bond donors (Lipinski definition) is 3. The molecule has 4 aliphatic rings. The quantitative estimate of drug-likeness (QED) is 0.667. The number of hydrazine groups is 1. The topological polar surface area (TPSA) is 45.3 Å². The van der Waals surface area contributed by atoms with Crippen molar-refractivity contribution in [1.82, 2.24) is 16.2 Å². The Hall–Kier alpha value is -0.420. The van der Waals surface area contributed by atoms with E-state index in [1.807, 2.05) is 0 Å². The Bertz CT molecular complexity index is 378. The number of nitrogens with one attached hydrogen (secondary N) is 3. The molecule has 20 heavy (non-hydrogen) atoms. The molecule has 0 aromatic heterocycles.